The van der Waals surface area contributed by atoms with E-state index in [4.69, 9.17) is 10.2 Å². The summed E-state index contributed by atoms with van der Waals surface area (Å²) in [6.07, 6.45) is 16.7. The number of benzene rings is 8. The molecule has 0 atom stereocenters. The second-order valence-corrected chi connectivity index (χ2v) is 26.4. The number of carboxylic acids is 1. The van der Waals surface area contributed by atoms with Gasteiger partial charge in [0.15, 0.2) is 5.78 Å². The Morgan fingerprint density at radius 1 is 0.339 bits per heavy atom. The van der Waals surface area contributed by atoms with Crippen LogP contribution < -0.4 is 0 Å². The van der Waals surface area contributed by atoms with E-state index in [1.807, 2.05) is 249 Å². The van der Waals surface area contributed by atoms with Gasteiger partial charge in [0.05, 0.1) is 5.76 Å². The van der Waals surface area contributed by atoms with Gasteiger partial charge in [-0.25, -0.2) is 21.1 Å². The van der Waals surface area contributed by atoms with Gasteiger partial charge in [0.1, 0.15) is 5.69 Å². The molecule has 2 N–H and O–H groups in total. The third-order valence-corrected chi connectivity index (χ3v) is 17.1. The van der Waals surface area contributed by atoms with Gasteiger partial charge in [-0.05, 0) is 124 Å². The van der Waals surface area contributed by atoms with Crippen LogP contribution in [0.4, 0.5) is 8.78 Å². The minimum absolute atomic E-state index is 0. The first-order valence-electron chi connectivity index (χ1n) is 37.6. The number of halogens is 2. The van der Waals surface area contributed by atoms with Gasteiger partial charge >= 0.3 is 46.2 Å². The fourth-order valence-electron chi connectivity index (χ4n) is 10.2. The molecule has 0 bridgehead atoms. The van der Waals surface area contributed by atoms with Crippen molar-refractivity contribution in [1.82, 2.24) is 44.9 Å². The molecule has 18 rings (SSSR count). The van der Waals surface area contributed by atoms with E-state index < -0.39 is 17.6 Å². The number of thiophene rings is 1. The number of carbonyl (C=O) groups is 2. The Morgan fingerprint density at radius 3 is 0.895 bits per heavy atom. The summed E-state index contributed by atoms with van der Waals surface area (Å²) in [5.74, 6) is -2.34. The molecule has 0 spiro atoms. The molecular weight excluding hydrogens is 2280 g/mol. The van der Waals surface area contributed by atoms with Crippen LogP contribution in [0.3, 0.4) is 0 Å². The smallest absolute Gasteiger partial charge is 0.512 e. The summed E-state index contributed by atoms with van der Waals surface area (Å²) in [4.78, 5) is 58.5. The number of hydrogen-bond acceptors (Lipinski definition) is 13. The van der Waals surface area contributed by atoms with E-state index >= 15 is 0 Å². The van der Waals surface area contributed by atoms with Crippen LogP contribution >= 0.6 is 11.3 Å². The van der Waals surface area contributed by atoms with Gasteiger partial charge in [0, 0.05) is 119 Å². The van der Waals surface area contributed by atoms with Crippen LogP contribution in [0.15, 0.2) is 395 Å². The number of aliphatic hydroxyl groups is 1. The SMILES string of the molecule is CC(=O)C=C(C)O.Cc1c[c-]c(-c2ccccn2)cc1.Cc1c[c-]c(-c2ccccn2)cc1.Cc1c[c-]c(-c2ccccn2)cc1.Fc1c[c-]c(-c2ccccn2)c(F)c1.O=C(O)c1ccccn1.[Ir+3].[Ir+3].[Ir].[Ir].[c-]1c(-c2ccccn2)sc2ccccc12.[c-]1ccccc1-c1ccccn1.[c-]1ccccc1-c1ccccn1.[c-]1ccccc1-c1ccccn1. The zero-order valence-electron chi connectivity index (χ0n) is 67.7. The predicted octanol–water partition coefficient (Wildman–Crippen LogP) is 24.6. The average molecular weight is 2360 g/mol. The van der Waals surface area contributed by atoms with E-state index in [-0.39, 0.29) is 103 Å². The number of carbonyl (C=O) groups excluding carboxylic acids is 1. The van der Waals surface area contributed by atoms with Crippen molar-refractivity contribution in [3.8, 4) is 89.4 Å². The van der Waals surface area contributed by atoms with Crippen LogP contribution in [0.2, 0.25) is 0 Å². The van der Waals surface area contributed by atoms with E-state index in [0.717, 1.165) is 90.2 Å². The predicted molar refractivity (Wildman–Crippen MR) is 476 cm³/mol. The number of rotatable bonds is 10. The molecular formula is C104H81F2Ir4N9O4S-2. The van der Waals surface area contributed by atoms with Gasteiger partial charge in [0.2, 0.25) is 0 Å². The number of ketones is 1. The fourth-order valence-corrected chi connectivity index (χ4v) is 11.2. The van der Waals surface area contributed by atoms with Crippen molar-refractivity contribution in [2.24, 2.45) is 0 Å². The number of aromatic nitrogens is 9. The molecule has 0 fully saturated rings. The Balaban J connectivity index is 0.000000245. The van der Waals surface area contributed by atoms with Crippen molar-refractivity contribution in [3.63, 3.8) is 0 Å². The van der Waals surface area contributed by atoms with Crippen LogP contribution in [0, 0.1) is 80.9 Å². The normalized spacial score (nSPS) is 9.65. The maximum Gasteiger partial charge on any atom is 3.00 e. The van der Waals surface area contributed by atoms with Gasteiger partial charge in [0.25, 0.3) is 0 Å². The van der Waals surface area contributed by atoms with E-state index in [1.54, 1.807) is 85.0 Å². The van der Waals surface area contributed by atoms with Crippen LogP contribution in [0.1, 0.15) is 41.0 Å². The number of carboxylic acid groups (broad SMARTS) is 1. The van der Waals surface area contributed by atoms with E-state index in [2.05, 4.69) is 151 Å². The number of allylic oxidation sites excluding steroid dienone is 2. The Labute approximate surface area is 781 Å². The minimum atomic E-state index is -0.990. The Hall–Kier alpha value is -12.8. The quantitative estimate of drug-likeness (QED) is 0.0748. The van der Waals surface area contributed by atoms with Crippen molar-refractivity contribution < 1.29 is 109 Å². The molecule has 0 unspecified atom stereocenters. The maximum absolute atomic E-state index is 13.2. The van der Waals surface area contributed by atoms with Crippen molar-refractivity contribution in [3.05, 3.63) is 478 Å². The molecule has 124 heavy (non-hydrogen) atoms. The first-order chi connectivity index (χ1) is 58.6. The molecule has 20 heteroatoms. The number of aromatic carboxylic acids is 1. The average Bonchev–Trinajstić information content (AvgIpc) is 1.64. The standard InChI is InChI=1S/C13H8NS.3C12H10N.C11H6F2N.3C11H8N.C6H5NO2.C5H8O2.4Ir/c1-2-7-12-10(5-1)9-13(15-12)11-6-3-4-8-14-11;3*1-10-5-7-11(8-6-10)12-4-2-3-9-13-12;12-8-4-5-9(10(13)7-8)11-3-1-2-6-14-11;3*1-2-6-10(7-3-1)11-8-4-5-9-12-11;8-6(9)5-3-1-2-4-7-5;1-4(6)3-5(2)7;;;;/h1-8H;3*2-7,9H,1H3;1-4,6-7H;3*1-6,8-9H;1-4H,(H,8,9);3,6H,1-2H3;;;;/q8*-1;;;;;2*+3. The van der Waals surface area contributed by atoms with Crippen molar-refractivity contribution in [1.29, 1.82) is 0 Å². The van der Waals surface area contributed by atoms with Gasteiger partial charge in [-0.1, -0.05) is 148 Å². The van der Waals surface area contributed by atoms with Gasteiger partial charge in [-0.3, -0.25) is 13.6 Å². The summed E-state index contributed by atoms with van der Waals surface area (Å²) >= 11 is 1.73. The van der Waals surface area contributed by atoms with E-state index in [0.29, 0.717) is 5.69 Å². The van der Waals surface area contributed by atoms with Crippen LogP contribution in [0.5, 0.6) is 0 Å². The molecule has 0 saturated heterocycles. The number of fused-ring (bicyclic) bond motifs is 1. The van der Waals surface area contributed by atoms with Crippen LogP contribution in [-0.2, 0) is 85.2 Å². The second kappa shape index (κ2) is 58.3. The molecule has 10 aromatic heterocycles. The first kappa shape index (κ1) is 102. The number of pyridine rings is 9. The Bertz CT molecular complexity index is 5430. The summed E-state index contributed by atoms with van der Waals surface area (Å²) in [7, 11) is 0. The molecule has 0 aliphatic heterocycles. The first-order valence-corrected chi connectivity index (χ1v) is 38.4. The second-order valence-electron chi connectivity index (χ2n) is 25.4. The number of hydrogen-bond donors (Lipinski definition) is 2. The number of aryl methyl sites for hydroxylation is 3. The summed E-state index contributed by atoms with van der Waals surface area (Å²) in [6, 6.07) is 128. The summed E-state index contributed by atoms with van der Waals surface area (Å²) in [6.45, 7) is 9.01. The van der Waals surface area contributed by atoms with Crippen LogP contribution in [0.25, 0.3) is 99.5 Å². The van der Waals surface area contributed by atoms with E-state index in [9.17, 15) is 18.4 Å². The number of nitrogens with zero attached hydrogens (tertiary/aromatic N) is 9. The third-order valence-electron chi connectivity index (χ3n) is 16.0. The zero-order chi connectivity index (χ0) is 84.6. The minimum Gasteiger partial charge on any atom is -0.512 e. The monoisotopic (exact) mass is 2360 g/mol. The molecule has 624 valence electrons. The summed E-state index contributed by atoms with van der Waals surface area (Å²) in [5, 5.41) is 17.9. The molecule has 0 saturated carbocycles. The van der Waals surface area contributed by atoms with Gasteiger partial charge in [-0.2, -0.15) is 0 Å². The Morgan fingerprint density at radius 2 is 0.645 bits per heavy atom. The molecule has 2 radical (unpaired) electrons. The van der Waals surface area contributed by atoms with E-state index in [1.165, 1.54) is 59.0 Å². The largest absolute Gasteiger partial charge is 3.00 e. The van der Waals surface area contributed by atoms with Crippen molar-refractivity contribution in [2.45, 2.75) is 34.6 Å². The van der Waals surface area contributed by atoms with Crippen molar-refractivity contribution >= 4 is 33.2 Å². The summed E-state index contributed by atoms with van der Waals surface area (Å²) in [5.41, 5.74) is 17.5. The molecule has 0 amide bonds. The third kappa shape index (κ3) is 37.3. The molecule has 10 heterocycles. The van der Waals surface area contributed by atoms with Crippen LogP contribution in [-0.4, -0.2) is 66.8 Å². The summed E-state index contributed by atoms with van der Waals surface area (Å²) < 4.78 is 27.1. The fraction of sp³-hybridized carbons (Fsp3) is 0.0481. The zero-order valence-corrected chi connectivity index (χ0v) is 78.1. The molecule has 0 aliphatic rings. The Kier molecular flexibility index (Phi) is 47.8. The molecule has 18 aromatic rings. The maximum atomic E-state index is 13.2. The molecule has 13 nitrogen and oxygen atoms in total. The van der Waals surface area contributed by atoms with Gasteiger partial charge < -0.3 is 50.1 Å². The molecule has 8 aromatic carbocycles. The topological polar surface area (TPSA) is 191 Å². The molecule has 0 aliphatic carbocycles. The van der Waals surface area contributed by atoms with Gasteiger partial charge in [-0.15, -0.1) is 250 Å². The number of aliphatic hydroxyl groups excluding tert-OH is 1. The van der Waals surface area contributed by atoms with Crippen molar-refractivity contribution in [2.75, 3.05) is 0 Å².